The maximum Gasteiger partial charge on any atom is 0.229 e. The van der Waals surface area contributed by atoms with E-state index in [1.807, 2.05) is 23.9 Å². The van der Waals surface area contributed by atoms with E-state index in [9.17, 15) is 4.79 Å². The molecule has 1 aromatic rings. The largest absolute Gasteiger partial charge is 0.326 e. The Labute approximate surface area is 131 Å². The Morgan fingerprint density at radius 1 is 1.19 bits per heavy atom. The first kappa shape index (κ1) is 14.9. The highest BCUT2D eigenvalue weighted by atomic mass is 32.2. The van der Waals surface area contributed by atoms with Gasteiger partial charge in [-0.15, -0.1) is 11.8 Å². The van der Waals surface area contributed by atoms with E-state index in [0.717, 1.165) is 24.0 Å². The zero-order valence-corrected chi connectivity index (χ0v) is 13.4. The molecule has 2 aliphatic rings. The molecule has 2 fully saturated rings. The first-order chi connectivity index (χ1) is 10.2. The van der Waals surface area contributed by atoms with Crippen molar-refractivity contribution in [2.45, 2.75) is 42.8 Å². The summed E-state index contributed by atoms with van der Waals surface area (Å²) in [5.41, 5.74) is 0.912. The molecular weight excluding hydrogens is 280 g/mol. The van der Waals surface area contributed by atoms with E-state index in [0.29, 0.717) is 5.92 Å². The third-order valence-electron chi connectivity index (χ3n) is 4.58. The van der Waals surface area contributed by atoms with Gasteiger partial charge in [-0.3, -0.25) is 4.79 Å². The number of carbonyl (C=O) groups is 1. The second-order valence-electron chi connectivity index (χ2n) is 6.28. The van der Waals surface area contributed by atoms with Gasteiger partial charge in [0.1, 0.15) is 0 Å². The first-order valence-electron chi connectivity index (χ1n) is 8.00. The maximum atomic E-state index is 12.2. The molecule has 21 heavy (non-hydrogen) atoms. The molecule has 1 heterocycles. The summed E-state index contributed by atoms with van der Waals surface area (Å²) in [4.78, 5) is 13.5. The van der Waals surface area contributed by atoms with Gasteiger partial charge < -0.3 is 10.6 Å². The zero-order valence-electron chi connectivity index (χ0n) is 12.6. The number of anilines is 1. The van der Waals surface area contributed by atoms with Crippen LogP contribution < -0.4 is 10.6 Å². The molecule has 1 aliphatic heterocycles. The van der Waals surface area contributed by atoms with Crippen molar-refractivity contribution in [3.05, 3.63) is 24.3 Å². The molecule has 1 saturated carbocycles. The first-order valence-corrected chi connectivity index (χ1v) is 8.88. The lowest BCUT2D eigenvalue weighted by Crippen LogP contribution is -2.27. The van der Waals surface area contributed by atoms with E-state index in [1.54, 1.807) is 0 Å². The molecular formula is C17H24N2OS. The van der Waals surface area contributed by atoms with Crippen molar-refractivity contribution in [2.24, 2.45) is 11.8 Å². The van der Waals surface area contributed by atoms with Crippen LogP contribution in [0.2, 0.25) is 0 Å². The van der Waals surface area contributed by atoms with Gasteiger partial charge in [-0.2, -0.15) is 0 Å². The molecule has 1 aromatic carbocycles. The van der Waals surface area contributed by atoms with Gasteiger partial charge in [0.25, 0.3) is 0 Å². The van der Waals surface area contributed by atoms with Gasteiger partial charge in [0, 0.05) is 22.4 Å². The Balaban J connectivity index is 1.55. The van der Waals surface area contributed by atoms with E-state index >= 15 is 0 Å². The number of carbonyl (C=O) groups excluding carboxylic acids is 1. The number of hydrogen-bond acceptors (Lipinski definition) is 3. The molecule has 1 amide bonds. The van der Waals surface area contributed by atoms with Crippen LogP contribution in [0.5, 0.6) is 0 Å². The Morgan fingerprint density at radius 3 is 2.52 bits per heavy atom. The van der Waals surface area contributed by atoms with E-state index in [1.165, 1.54) is 30.6 Å². The summed E-state index contributed by atoms with van der Waals surface area (Å²) in [6.45, 7) is 3.86. The van der Waals surface area contributed by atoms with Gasteiger partial charge in [0.05, 0.1) is 5.92 Å². The number of nitrogens with one attached hydrogen (secondary N) is 2. The van der Waals surface area contributed by atoms with Crippen molar-refractivity contribution >= 4 is 23.4 Å². The summed E-state index contributed by atoms with van der Waals surface area (Å²) in [7, 11) is 0. The quantitative estimate of drug-likeness (QED) is 0.894. The number of amides is 1. The summed E-state index contributed by atoms with van der Waals surface area (Å²) in [5, 5.41) is 7.11. The van der Waals surface area contributed by atoms with Crippen LogP contribution in [0.4, 0.5) is 5.69 Å². The summed E-state index contributed by atoms with van der Waals surface area (Å²) in [5.74, 6) is 0.656. The molecule has 2 atom stereocenters. The van der Waals surface area contributed by atoms with Crippen LogP contribution in [0.3, 0.4) is 0 Å². The fourth-order valence-electron chi connectivity index (χ4n) is 3.21. The third-order valence-corrected chi connectivity index (χ3v) is 5.93. The summed E-state index contributed by atoms with van der Waals surface area (Å²) >= 11 is 1.98. The minimum Gasteiger partial charge on any atom is -0.326 e. The fraction of sp³-hybridized carbons (Fsp3) is 0.588. The zero-order chi connectivity index (χ0) is 14.7. The summed E-state index contributed by atoms with van der Waals surface area (Å²) < 4.78 is 0. The molecule has 4 heteroatoms. The number of hydrogen-bond donors (Lipinski definition) is 2. The summed E-state index contributed by atoms with van der Waals surface area (Å²) in [6.07, 6.45) is 5.43. The molecule has 114 valence electrons. The molecule has 2 N–H and O–H groups in total. The predicted molar refractivity (Wildman–Crippen MR) is 88.7 cm³/mol. The highest BCUT2D eigenvalue weighted by Gasteiger charge is 2.29. The van der Waals surface area contributed by atoms with Crippen molar-refractivity contribution in [2.75, 3.05) is 18.4 Å². The molecule has 0 unspecified atom stereocenters. The number of benzene rings is 1. The SMILES string of the molecule is C[C@@H]1CNC[C@H]1C(=O)Nc1ccc(SC2CCCC2)cc1. The number of rotatable bonds is 4. The van der Waals surface area contributed by atoms with E-state index in [-0.39, 0.29) is 11.8 Å². The van der Waals surface area contributed by atoms with Crippen molar-refractivity contribution in [3.8, 4) is 0 Å². The van der Waals surface area contributed by atoms with Gasteiger partial charge in [-0.25, -0.2) is 0 Å². The lowest BCUT2D eigenvalue weighted by atomic mass is 9.97. The van der Waals surface area contributed by atoms with E-state index in [2.05, 4.69) is 29.7 Å². The molecule has 1 aliphatic carbocycles. The average molecular weight is 304 g/mol. The maximum absolute atomic E-state index is 12.2. The molecule has 3 rings (SSSR count). The van der Waals surface area contributed by atoms with Crippen LogP contribution in [0.25, 0.3) is 0 Å². The highest BCUT2D eigenvalue weighted by molar-refractivity contribution is 8.00. The molecule has 0 spiro atoms. The van der Waals surface area contributed by atoms with Crippen LogP contribution in [0, 0.1) is 11.8 Å². The van der Waals surface area contributed by atoms with Gasteiger partial charge in [0.2, 0.25) is 5.91 Å². The minimum atomic E-state index is 0.0949. The van der Waals surface area contributed by atoms with E-state index < -0.39 is 0 Å². The third kappa shape index (κ3) is 3.80. The summed E-state index contributed by atoms with van der Waals surface area (Å²) in [6, 6.07) is 8.33. The fourth-order valence-corrected chi connectivity index (χ4v) is 4.46. The van der Waals surface area contributed by atoms with Gasteiger partial charge in [-0.05, 0) is 49.6 Å². The normalized spacial score (nSPS) is 26.1. The monoisotopic (exact) mass is 304 g/mol. The average Bonchev–Trinajstić information content (AvgIpc) is 3.12. The van der Waals surface area contributed by atoms with E-state index in [4.69, 9.17) is 0 Å². The Bertz CT molecular complexity index is 482. The van der Waals surface area contributed by atoms with Crippen molar-refractivity contribution in [1.82, 2.24) is 5.32 Å². The molecule has 0 radical (unpaired) electrons. The van der Waals surface area contributed by atoms with Crippen LogP contribution in [-0.4, -0.2) is 24.2 Å². The van der Waals surface area contributed by atoms with Crippen molar-refractivity contribution < 1.29 is 4.79 Å². The van der Waals surface area contributed by atoms with Crippen LogP contribution in [0.15, 0.2) is 29.2 Å². The molecule has 3 nitrogen and oxygen atoms in total. The Morgan fingerprint density at radius 2 is 1.90 bits per heavy atom. The van der Waals surface area contributed by atoms with Gasteiger partial charge >= 0.3 is 0 Å². The topological polar surface area (TPSA) is 41.1 Å². The smallest absolute Gasteiger partial charge is 0.229 e. The van der Waals surface area contributed by atoms with Crippen LogP contribution in [-0.2, 0) is 4.79 Å². The lowest BCUT2D eigenvalue weighted by molar-refractivity contribution is -0.120. The lowest BCUT2D eigenvalue weighted by Gasteiger charge is -2.14. The minimum absolute atomic E-state index is 0.0949. The molecule has 1 saturated heterocycles. The standard InChI is InChI=1S/C17H24N2OS/c1-12-10-18-11-16(12)17(20)19-13-6-8-15(9-7-13)21-14-4-2-3-5-14/h6-9,12,14,16,18H,2-5,10-11H2,1H3,(H,19,20)/t12-,16-/m1/s1. The van der Waals surface area contributed by atoms with Crippen LogP contribution >= 0.6 is 11.8 Å². The Kier molecular flexibility index (Phi) is 4.86. The Hall–Kier alpha value is -1.00. The van der Waals surface area contributed by atoms with Gasteiger partial charge in [0.15, 0.2) is 0 Å². The molecule has 0 aromatic heterocycles. The van der Waals surface area contributed by atoms with Crippen molar-refractivity contribution in [3.63, 3.8) is 0 Å². The number of thioether (sulfide) groups is 1. The predicted octanol–water partition coefficient (Wildman–Crippen LogP) is 3.52. The van der Waals surface area contributed by atoms with Gasteiger partial charge in [-0.1, -0.05) is 19.8 Å². The van der Waals surface area contributed by atoms with Crippen molar-refractivity contribution in [1.29, 1.82) is 0 Å². The van der Waals surface area contributed by atoms with Crippen LogP contribution in [0.1, 0.15) is 32.6 Å². The highest BCUT2D eigenvalue weighted by Crippen LogP contribution is 2.35. The second-order valence-corrected chi connectivity index (χ2v) is 7.65. The second kappa shape index (κ2) is 6.84. The molecule has 0 bridgehead atoms.